The molecule has 102 valence electrons. The van der Waals surface area contributed by atoms with E-state index in [0.717, 1.165) is 17.7 Å². The zero-order valence-electron chi connectivity index (χ0n) is 12.0. The van der Waals surface area contributed by atoms with Crippen LogP contribution in [0.3, 0.4) is 0 Å². The standard InChI is InChI=1S/C15H24FNO/c1-6-14(10(2)3)17-11(4)13-9-12(16)7-8-15(13)18-5/h7-11,14,17H,6H2,1-5H3. The maximum Gasteiger partial charge on any atom is 0.123 e. The Morgan fingerprint density at radius 2 is 1.94 bits per heavy atom. The number of benzene rings is 1. The van der Waals surface area contributed by atoms with E-state index in [4.69, 9.17) is 4.74 Å². The molecule has 1 aromatic carbocycles. The van der Waals surface area contributed by atoms with Crippen molar-refractivity contribution in [1.29, 1.82) is 0 Å². The first-order valence-corrected chi connectivity index (χ1v) is 6.59. The molecule has 0 saturated carbocycles. The van der Waals surface area contributed by atoms with Gasteiger partial charge < -0.3 is 10.1 Å². The van der Waals surface area contributed by atoms with Crippen molar-refractivity contribution in [2.45, 2.75) is 46.2 Å². The highest BCUT2D eigenvalue weighted by Crippen LogP contribution is 2.27. The van der Waals surface area contributed by atoms with Gasteiger partial charge in [-0.2, -0.15) is 0 Å². The van der Waals surface area contributed by atoms with Crippen LogP contribution < -0.4 is 10.1 Å². The van der Waals surface area contributed by atoms with Crippen LogP contribution in [0.2, 0.25) is 0 Å². The van der Waals surface area contributed by atoms with E-state index in [-0.39, 0.29) is 11.9 Å². The predicted molar refractivity (Wildman–Crippen MR) is 73.4 cm³/mol. The number of methoxy groups -OCH3 is 1. The summed E-state index contributed by atoms with van der Waals surface area (Å²) >= 11 is 0. The molecule has 0 fully saturated rings. The number of ether oxygens (including phenoxy) is 1. The average Bonchev–Trinajstić information content (AvgIpc) is 2.35. The van der Waals surface area contributed by atoms with Gasteiger partial charge in [-0.05, 0) is 37.5 Å². The van der Waals surface area contributed by atoms with Crippen LogP contribution in [0.4, 0.5) is 4.39 Å². The van der Waals surface area contributed by atoms with Gasteiger partial charge >= 0.3 is 0 Å². The number of rotatable bonds is 6. The average molecular weight is 253 g/mol. The molecule has 0 bridgehead atoms. The van der Waals surface area contributed by atoms with Crippen molar-refractivity contribution in [3.63, 3.8) is 0 Å². The normalized spacial score (nSPS) is 14.6. The van der Waals surface area contributed by atoms with Gasteiger partial charge in [0.2, 0.25) is 0 Å². The summed E-state index contributed by atoms with van der Waals surface area (Å²) in [5.41, 5.74) is 0.872. The van der Waals surface area contributed by atoms with Crippen LogP contribution in [-0.4, -0.2) is 13.2 Å². The largest absolute Gasteiger partial charge is 0.496 e. The van der Waals surface area contributed by atoms with Crippen molar-refractivity contribution in [3.8, 4) is 5.75 Å². The van der Waals surface area contributed by atoms with Crippen molar-refractivity contribution >= 4 is 0 Å². The summed E-state index contributed by atoms with van der Waals surface area (Å²) in [5.74, 6) is 1.06. The molecule has 1 aromatic rings. The molecule has 2 nitrogen and oxygen atoms in total. The third-order valence-corrected chi connectivity index (χ3v) is 3.37. The Morgan fingerprint density at radius 3 is 2.44 bits per heavy atom. The first kappa shape index (κ1) is 15.0. The van der Waals surface area contributed by atoms with E-state index in [0.29, 0.717) is 12.0 Å². The van der Waals surface area contributed by atoms with Gasteiger partial charge in [0.1, 0.15) is 11.6 Å². The van der Waals surface area contributed by atoms with Crippen LogP contribution in [0, 0.1) is 11.7 Å². The van der Waals surface area contributed by atoms with Crippen LogP contribution in [-0.2, 0) is 0 Å². The Bertz CT molecular complexity index is 379. The molecule has 0 aliphatic rings. The fourth-order valence-corrected chi connectivity index (χ4v) is 2.24. The van der Waals surface area contributed by atoms with E-state index in [1.54, 1.807) is 19.2 Å². The highest BCUT2D eigenvalue weighted by molar-refractivity contribution is 5.36. The topological polar surface area (TPSA) is 21.3 Å². The van der Waals surface area contributed by atoms with Crippen molar-refractivity contribution in [2.24, 2.45) is 5.92 Å². The Morgan fingerprint density at radius 1 is 1.28 bits per heavy atom. The second-order valence-corrected chi connectivity index (χ2v) is 5.03. The van der Waals surface area contributed by atoms with Crippen molar-refractivity contribution in [3.05, 3.63) is 29.6 Å². The molecule has 0 saturated heterocycles. The van der Waals surface area contributed by atoms with Gasteiger partial charge in [-0.15, -0.1) is 0 Å². The zero-order valence-corrected chi connectivity index (χ0v) is 12.0. The molecule has 0 amide bonds. The van der Waals surface area contributed by atoms with Gasteiger partial charge in [0.05, 0.1) is 7.11 Å². The Kier molecular flexibility index (Phi) is 5.60. The third kappa shape index (κ3) is 3.70. The van der Waals surface area contributed by atoms with E-state index in [2.05, 4.69) is 26.1 Å². The Labute approximate surface area is 110 Å². The quantitative estimate of drug-likeness (QED) is 0.829. The van der Waals surface area contributed by atoms with Crippen LogP contribution in [0.15, 0.2) is 18.2 Å². The van der Waals surface area contributed by atoms with Crippen molar-refractivity contribution in [2.75, 3.05) is 7.11 Å². The Hall–Kier alpha value is -1.09. The third-order valence-electron chi connectivity index (χ3n) is 3.37. The molecule has 0 aliphatic carbocycles. The molecule has 0 aromatic heterocycles. The number of hydrogen-bond donors (Lipinski definition) is 1. The second kappa shape index (κ2) is 6.74. The van der Waals surface area contributed by atoms with Gasteiger partial charge in [0.15, 0.2) is 0 Å². The number of hydrogen-bond acceptors (Lipinski definition) is 2. The first-order valence-electron chi connectivity index (χ1n) is 6.59. The zero-order chi connectivity index (χ0) is 13.7. The fourth-order valence-electron chi connectivity index (χ4n) is 2.24. The summed E-state index contributed by atoms with van der Waals surface area (Å²) in [6, 6.07) is 5.15. The highest BCUT2D eigenvalue weighted by Gasteiger charge is 2.18. The summed E-state index contributed by atoms with van der Waals surface area (Å²) < 4.78 is 18.6. The molecule has 18 heavy (non-hydrogen) atoms. The molecule has 0 heterocycles. The van der Waals surface area contributed by atoms with Gasteiger partial charge in [0, 0.05) is 17.6 Å². The van der Waals surface area contributed by atoms with Gasteiger partial charge in [0.25, 0.3) is 0 Å². The minimum atomic E-state index is -0.225. The van der Waals surface area contributed by atoms with Crippen molar-refractivity contribution < 1.29 is 9.13 Å². The first-order chi connectivity index (χ1) is 8.49. The van der Waals surface area contributed by atoms with E-state index < -0.39 is 0 Å². The SMILES string of the molecule is CCC(NC(C)c1cc(F)ccc1OC)C(C)C. The molecule has 0 radical (unpaired) electrons. The molecule has 2 unspecified atom stereocenters. The van der Waals surface area contributed by atoms with E-state index in [9.17, 15) is 4.39 Å². The molecular weight excluding hydrogens is 229 g/mol. The van der Waals surface area contributed by atoms with Crippen LogP contribution >= 0.6 is 0 Å². The lowest BCUT2D eigenvalue weighted by Gasteiger charge is -2.26. The minimum Gasteiger partial charge on any atom is -0.496 e. The second-order valence-electron chi connectivity index (χ2n) is 5.03. The maximum absolute atomic E-state index is 13.3. The highest BCUT2D eigenvalue weighted by atomic mass is 19.1. The predicted octanol–water partition coefficient (Wildman–Crippen LogP) is 3.92. The lowest BCUT2D eigenvalue weighted by Crippen LogP contribution is -2.35. The van der Waals surface area contributed by atoms with Crippen molar-refractivity contribution in [1.82, 2.24) is 5.32 Å². The van der Waals surface area contributed by atoms with E-state index in [1.165, 1.54) is 6.07 Å². The summed E-state index contributed by atoms with van der Waals surface area (Å²) in [5, 5.41) is 3.54. The van der Waals surface area contributed by atoms with Crippen LogP contribution in [0.1, 0.15) is 45.7 Å². The molecule has 0 spiro atoms. The van der Waals surface area contributed by atoms with Gasteiger partial charge in [-0.1, -0.05) is 20.8 Å². The Balaban J connectivity index is 2.88. The fraction of sp³-hybridized carbons (Fsp3) is 0.600. The molecular formula is C15H24FNO. The van der Waals surface area contributed by atoms with Gasteiger partial charge in [-0.25, -0.2) is 4.39 Å². The molecule has 0 aliphatic heterocycles. The maximum atomic E-state index is 13.3. The molecule has 2 atom stereocenters. The summed E-state index contributed by atoms with van der Waals surface area (Å²) in [7, 11) is 1.61. The monoisotopic (exact) mass is 253 g/mol. The van der Waals surface area contributed by atoms with E-state index in [1.807, 2.05) is 6.92 Å². The van der Waals surface area contributed by atoms with Crippen LogP contribution in [0.25, 0.3) is 0 Å². The minimum absolute atomic E-state index is 0.0722. The molecule has 1 N–H and O–H groups in total. The smallest absolute Gasteiger partial charge is 0.123 e. The molecule has 3 heteroatoms. The summed E-state index contributed by atoms with van der Waals surface area (Å²) in [6.45, 7) is 8.59. The molecule has 1 rings (SSSR count). The number of halogens is 1. The summed E-state index contributed by atoms with van der Waals surface area (Å²) in [6.07, 6.45) is 1.06. The summed E-state index contributed by atoms with van der Waals surface area (Å²) in [4.78, 5) is 0. The number of nitrogens with one attached hydrogen (secondary N) is 1. The van der Waals surface area contributed by atoms with E-state index >= 15 is 0 Å². The van der Waals surface area contributed by atoms with Crippen LogP contribution in [0.5, 0.6) is 5.75 Å². The lowest BCUT2D eigenvalue weighted by molar-refractivity contribution is 0.345. The lowest BCUT2D eigenvalue weighted by atomic mass is 9.98. The van der Waals surface area contributed by atoms with Gasteiger partial charge in [-0.3, -0.25) is 0 Å².